The zero-order valence-electron chi connectivity index (χ0n) is 9.52. The SMILES string of the molecule is NC(=O)CC(O)C(O)c1ccc2nccnc2c1. The van der Waals surface area contributed by atoms with Crippen LogP contribution in [-0.2, 0) is 4.79 Å². The van der Waals surface area contributed by atoms with E-state index in [-0.39, 0.29) is 6.42 Å². The second kappa shape index (κ2) is 5.07. The number of primary amides is 1. The Kier molecular flexibility index (Phi) is 3.50. The number of hydrogen-bond donors (Lipinski definition) is 3. The third kappa shape index (κ3) is 2.61. The molecule has 0 saturated carbocycles. The molecular formula is C12H13N3O3. The van der Waals surface area contributed by atoms with Crippen molar-refractivity contribution in [1.29, 1.82) is 0 Å². The number of benzene rings is 1. The van der Waals surface area contributed by atoms with Crippen LogP contribution in [0, 0.1) is 0 Å². The van der Waals surface area contributed by atoms with E-state index in [2.05, 4.69) is 9.97 Å². The molecule has 2 atom stereocenters. The number of hydrogen-bond acceptors (Lipinski definition) is 5. The number of fused-ring (bicyclic) bond motifs is 1. The van der Waals surface area contributed by atoms with Crippen molar-refractivity contribution in [3.8, 4) is 0 Å². The molecule has 18 heavy (non-hydrogen) atoms. The Morgan fingerprint density at radius 2 is 1.89 bits per heavy atom. The maximum atomic E-state index is 10.7. The van der Waals surface area contributed by atoms with Gasteiger partial charge in [-0.15, -0.1) is 0 Å². The Balaban J connectivity index is 2.27. The molecule has 1 aromatic carbocycles. The van der Waals surface area contributed by atoms with Gasteiger partial charge in [0.15, 0.2) is 0 Å². The molecule has 4 N–H and O–H groups in total. The molecule has 1 amide bonds. The van der Waals surface area contributed by atoms with Crippen molar-refractivity contribution < 1.29 is 15.0 Å². The number of nitrogens with zero attached hydrogens (tertiary/aromatic N) is 2. The molecule has 2 aromatic rings. The molecule has 0 bridgehead atoms. The van der Waals surface area contributed by atoms with Crippen molar-refractivity contribution in [2.75, 3.05) is 0 Å². The first kappa shape index (κ1) is 12.4. The number of aliphatic hydroxyl groups excluding tert-OH is 2. The molecule has 0 aliphatic heterocycles. The Labute approximate surface area is 103 Å². The lowest BCUT2D eigenvalue weighted by molar-refractivity contribution is -0.121. The maximum absolute atomic E-state index is 10.7. The van der Waals surface area contributed by atoms with Gasteiger partial charge >= 0.3 is 0 Å². The summed E-state index contributed by atoms with van der Waals surface area (Å²) in [5, 5.41) is 19.5. The van der Waals surface area contributed by atoms with Gasteiger partial charge in [-0.3, -0.25) is 14.8 Å². The van der Waals surface area contributed by atoms with Gasteiger partial charge in [0.25, 0.3) is 0 Å². The summed E-state index contributed by atoms with van der Waals surface area (Å²) in [5.41, 5.74) is 6.74. The fourth-order valence-corrected chi connectivity index (χ4v) is 1.70. The highest BCUT2D eigenvalue weighted by atomic mass is 16.3. The van der Waals surface area contributed by atoms with E-state index >= 15 is 0 Å². The monoisotopic (exact) mass is 247 g/mol. The van der Waals surface area contributed by atoms with Gasteiger partial charge < -0.3 is 15.9 Å². The predicted molar refractivity (Wildman–Crippen MR) is 64.3 cm³/mol. The molecule has 1 heterocycles. The third-order valence-electron chi connectivity index (χ3n) is 2.61. The van der Waals surface area contributed by atoms with Gasteiger partial charge in [-0.1, -0.05) is 6.07 Å². The van der Waals surface area contributed by atoms with Gasteiger partial charge in [-0.2, -0.15) is 0 Å². The van der Waals surface area contributed by atoms with Crippen molar-refractivity contribution in [3.05, 3.63) is 36.2 Å². The van der Waals surface area contributed by atoms with E-state index < -0.39 is 18.1 Å². The van der Waals surface area contributed by atoms with Gasteiger partial charge in [0.2, 0.25) is 5.91 Å². The number of amides is 1. The average Bonchev–Trinajstić information content (AvgIpc) is 2.36. The van der Waals surface area contributed by atoms with E-state index in [1.807, 2.05) is 0 Å². The highest BCUT2D eigenvalue weighted by Gasteiger charge is 2.20. The van der Waals surface area contributed by atoms with Crippen molar-refractivity contribution >= 4 is 16.9 Å². The van der Waals surface area contributed by atoms with E-state index in [9.17, 15) is 15.0 Å². The summed E-state index contributed by atoms with van der Waals surface area (Å²) in [6.07, 6.45) is 0.416. The van der Waals surface area contributed by atoms with Gasteiger partial charge in [0.1, 0.15) is 6.10 Å². The van der Waals surface area contributed by atoms with E-state index in [0.717, 1.165) is 0 Å². The molecule has 0 radical (unpaired) electrons. The summed E-state index contributed by atoms with van der Waals surface area (Å²) in [6.45, 7) is 0. The first-order valence-electron chi connectivity index (χ1n) is 5.43. The van der Waals surface area contributed by atoms with Crippen LogP contribution in [0.5, 0.6) is 0 Å². The topological polar surface area (TPSA) is 109 Å². The molecule has 0 fully saturated rings. The van der Waals surface area contributed by atoms with E-state index in [1.54, 1.807) is 30.6 Å². The first-order chi connectivity index (χ1) is 8.58. The van der Waals surface area contributed by atoms with Gasteiger partial charge in [0, 0.05) is 12.4 Å². The van der Waals surface area contributed by atoms with E-state index in [4.69, 9.17) is 5.73 Å². The number of rotatable bonds is 4. The minimum atomic E-state index is -1.23. The number of aromatic nitrogens is 2. The summed E-state index contributed by atoms with van der Waals surface area (Å²) >= 11 is 0. The minimum Gasteiger partial charge on any atom is -0.390 e. The Bertz CT molecular complexity index is 573. The first-order valence-corrected chi connectivity index (χ1v) is 5.43. The lowest BCUT2D eigenvalue weighted by Gasteiger charge is -2.16. The zero-order chi connectivity index (χ0) is 13.1. The van der Waals surface area contributed by atoms with Gasteiger partial charge in [-0.25, -0.2) is 0 Å². The van der Waals surface area contributed by atoms with Crippen LogP contribution in [0.2, 0.25) is 0 Å². The summed E-state index contributed by atoms with van der Waals surface area (Å²) < 4.78 is 0. The Morgan fingerprint density at radius 3 is 2.56 bits per heavy atom. The highest BCUT2D eigenvalue weighted by Crippen LogP contribution is 2.21. The van der Waals surface area contributed by atoms with Crippen LogP contribution in [0.4, 0.5) is 0 Å². The molecule has 2 rings (SSSR count). The third-order valence-corrected chi connectivity index (χ3v) is 2.61. The molecule has 0 saturated heterocycles. The smallest absolute Gasteiger partial charge is 0.220 e. The fourth-order valence-electron chi connectivity index (χ4n) is 1.70. The largest absolute Gasteiger partial charge is 0.390 e. The summed E-state index contributed by atoms with van der Waals surface area (Å²) in [5.74, 6) is -0.665. The quantitative estimate of drug-likeness (QED) is 0.699. The van der Waals surface area contributed by atoms with Crippen LogP contribution >= 0.6 is 0 Å². The van der Waals surface area contributed by atoms with Gasteiger partial charge in [-0.05, 0) is 17.7 Å². The Morgan fingerprint density at radius 1 is 1.22 bits per heavy atom. The summed E-state index contributed by atoms with van der Waals surface area (Å²) in [6, 6.07) is 4.95. The number of carbonyl (C=O) groups is 1. The molecular weight excluding hydrogens is 234 g/mol. The van der Waals surface area contributed by atoms with E-state index in [1.165, 1.54) is 0 Å². The summed E-state index contributed by atoms with van der Waals surface area (Å²) in [4.78, 5) is 18.9. The molecule has 6 nitrogen and oxygen atoms in total. The van der Waals surface area contributed by atoms with Crippen LogP contribution in [0.25, 0.3) is 11.0 Å². The standard InChI is InChI=1S/C12H13N3O3/c13-11(17)6-10(16)12(18)7-1-2-8-9(5-7)15-4-3-14-8/h1-5,10,12,16,18H,6H2,(H2,13,17). The summed E-state index contributed by atoms with van der Waals surface area (Å²) in [7, 11) is 0. The van der Waals surface area contributed by atoms with E-state index in [0.29, 0.717) is 16.6 Å². The fraction of sp³-hybridized carbons (Fsp3) is 0.250. The second-order valence-electron chi connectivity index (χ2n) is 3.99. The molecule has 6 heteroatoms. The highest BCUT2D eigenvalue weighted by molar-refractivity contribution is 5.75. The lowest BCUT2D eigenvalue weighted by atomic mass is 10.0. The van der Waals surface area contributed by atoms with Gasteiger partial charge in [0.05, 0.1) is 23.6 Å². The molecule has 0 spiro atoms. The molecule has 0 aliphatic rings. The number of aliphatic hydroxyl groups is 2. The normalized spacial score (nSPS) is 14.3. The van der Waals surface area contributed by atoms with Crippen molar-refractivity contribution in [1.82, 2.24) is 9.97 Å². The number of carbonyl (C=O) groups excluding carboxylic acids is 1. The number of nitrogens with two attached hydrogens (primary N) is 1. The predicted octanol–water partition coefficient (Wildman–Crippen LogP) is -0.101. The van der Waals surface area contributed by atoms with Crippen LogP contribution in [-0.4, -0.2) is 32.2 Å². The van der Waals surface area contributed by atoms with Crippen LogP contribution < -0.4 is 5.73 Å². The van der Waals surface area contributed by atoms with Crippen LogP contribution in [0.15, 0.2) is 30.6 Å². The lowest BCUT2D eigenvalue weighted by Crippen LogP contribution is -2.25. The molecule has 2 unspecified atom stereocenters. The average molecular weight is 247 g/mol. The molecule has 0 aliphatic carbocycles. The maximum Gasteiger partial charge on any atom is 0.220 e. The molecule has 94 valence electrons. The second-order valence-corrected chi connectivity index (χ2v) is 3.99. The Hall–Kier alpha value is -2.05. The van der Waals surface area contributed by atoms with Crippen LogP contribution in [0.3, 0.4) is 0 Å². The minimum absolute atomic E-state index is 0.292. The van der Waals surface area contributed by atoms with Crippen molar-refractivity contribution in [2.45, 2.75) is 18.6 Å². The van der Waals surface area contributed by atoms with Crippen LogP contribution in [0.1, 0.15) is 18.1 Å². The van der Waals surface area contributed by atoms with Crippen molar-refractivity contribution in [2.24, 2.45) is 5.73 Å². The molecule has 1 aromatic heterocycles. The van der Waals surface area contributed by atoms with Crippen molar-refractivity contribution in [3.63, 3.8) is 0 Å². The zero-order valence-corrected chi connectivity index (χ0v) is 9.52.